The molecule has 0 heterocycles. The van der Waals surface area contributed by atoms with Crippen molar-refractivity contribution in [2.24, 2.45) is 0 Å². The van der Waals surface area contributed by atoms with Crippen LogP contribution in [0.15, 0.2) is 24.3 Å². The van der Waals surface area contributed by atoms with Crippen LogP contribution in [-0.4, -0.2) is 37.9 Å². The topological polar surface area (TPSA) is 35.5 Å². The Bertz CT molecular complexity index is 349. The molecule has 0 radical (unpaired) electrons. The van der Waals surface area contributed by atoms with Crippen LogP contribution in [0.5, 0.6) is 0 Å². The molecule has 0 amide bonds. The highest BCUT2D eigenvalue weighted by molar-refractivity contribution is 5.45. The zero-order valence-corrected chi connectivity index (χ0v) is 11.4. The van der Waals surface area contributed by atoms with E-state index in [2.05, 4.69) is 10.2 Å². The standard InChI is InChI=1S/C14H23FN2O/c1-14(11-18,16-2)9-4-10-17(3)13-7-5-12(15)6-8-13/h5-8,16,18H,4,9-11H2,1-3H3. The fraction of sp³-hybridized carbons (Fsp3) is 0.571. The fourth-order valence-corrected chi connectivity index (χ4v) is 1.81. The van der Waals surface area contributed by atoms with Crippen molar-refractivity contribution in [1.82, 2.24) is 5.32 Å². The summed E-state index contributed by atoms with van der Waals surface area (Å²) in [6, 6.07) is 6.49. The minimum Gasteiger partial charge on any atom is -0.394 e. The molecule has 102 valence electrons. The van der Waals surface area contributed by atoms with Crippen LogP contribution in [0, 0.1) is 5.82 Å². The average Bonchev–Trinajstić information content (AvgIpc) is 2.39. The van der Waals surface area contributed by atoms with Crippen molar-refractivity contribution in [3.63, 3.8) is 0 Å². The lowest BCUT2D eigenvalue weighted by Crippen LogP contribution is -2.43. The Hall–Kier alpha value is -1.13. The Morgan fingerprint density at radius 3 is 2.44 bits per heavy atom. The van der Waals surface area contributed by atoms with Gasteiger partial charge in [0.25, 0.3) is 0 Å². The molecule has 0 fully saturated rings. The summed E-state index contributed by atoms with van der Waals surface area (Å²) < 4.78 is 12.8. The monoisotopic (exact) mass is 254 g/mol. The van der Waals surface area contributed by atoms with Crippen molar-refractivity contribution >= 4 is 5.69 Å². The van der Waals surface area contributed by atoms with Gasteiger partial charge in [0.05, 0.1) is 6.61 Å². The molecule has 0 aliphatic heterocycles. The van der Waals surface area contributed by atoms with Crippen molar-refractivity contribution < 1.29 is 9.50 Å². The lowest BCUT2D eigenvalue weighted by atomic mass is 9.97. The second kappa shape index (κ2) is 6.71. The van der Waals surface area contributed by atoms with Gasteiger partial charge >= 0.3 is 0 Å². The molecule has 3 nitrogen and oxygen atoms in total. The minimum atomic E-state index is -0.219. The molecular formula is C14H23FN2O. The summed E-state index contributed by atoms with van der Waals surface area (Å²) >= 11 is 0. The number of nitrogens with one attached hydrogen (secondary N) is 1. The van der Waals surface area contributed by atoms with Gasteiger partial charge in [0.15, 0.2) is 0 Å². The molecule has 1 atom stereocenters. The predicted octanol–water partition coefficient (Wildman–Crippen LogP) is 2.01. The van der Waals surface area contributed by atoms with Gasteiger partial charge in [-0.25, -0.2) is 4.39 Å². The molecule has 0 bridgehead atoms. The zero-order chi connectivity index (χ0) is 13.6. The first-order chi connectivity index (χ1) is 8.50. The zero-order valence-electron chi connectivity index (χ0n) is 11.4. The molecule has 1 aromatic rings. The van der Waals surface area contributed by atoms with E-state index in [-0.39, 0.29) is 18.0 Å². The van der Waals surface area contributed by atoms with E-state index in [1.54, 1.807) is 12.1 Å². The van der Waals surface area contributed by atoms with Gasteiger partial charge in [0.1, 0.15) is 5.82 Å². The smallest absolute Gasteiger partial charge is 0.123 e. The number of nitrogens with zero attached hydrogens (tertiary/aromatic N) is 1. The third kappa shape index (κ3) is 4.27. The van der Waals surface area contributed by atoms with Gasteiger partial charge < -0.3 is 15.3 Å². The highest BCUT2D eigenvalue weighted by Crippen LogP contribution is 2.16. The SMILES string of the molecule is CNC(C)(CO)CCCN(C)c1ccc(F)cc1. The first kappa shape index (κ1) is 14.9. The van der Waals surface area contributed by atoms with E-state index >= 15 is 0 Å². The first-order valence-corrected chi connectivity index (χ1v) is 6.27. The van der Waals surface area contributed by atoms with Crippen molar-refractivity contribution in [3.8, 4) is 0 Å². The van der Waals surface area contributed by atoms with Gasteiger partial charge in [-0.15, -0.1) is 0 Å². The number of likely N-dealkylation sites (N-methyl/N-ethyl adjacent to an activating group) is 1. The van der Waals surface area contributed by atoms with E-state index in [0.717, 1.165) is 25.1 Å². The van der Waals surface area contributed by atoms with E-state index in [4.69, 9.17) is 0 Å². The van der Waals surface area contributed by atoms with E-state index in [0.29, 0.717) is 0 Å². The summed E-state index contributed by atoms with van der Waals surface area (Å²) in [5.74, 6) is -0.213. The number of rotatable bonds is 7. The van der Waals surface area contributed by atoms with Gasteiger partial charge in [0.2, 0.25) is 0 Å². The van der Waals surface area contributed by atoms with Crippen molar-refractivity contribution in [2.45, 2.75) is 25.3 Å². The van der Waals surface area contributed by atoms with E-state index in [9.17, 15) is 9.50 Å². The summed E-state index contributed by atoms with van der Waals surface area (Å²) in [7, 11) is 3.85. The number of anilines is 1. The van der Waals surface area contributed by atoms with Crippen LogP contribution >= 0.6 is 0 Å². The van der Waals surface area contributed by atoms with Gasteiger partial charge in [-0.2, -0.15) is 0 Å². The highest BCUT2D eigenvalue weighted by atomic mass is 19.1. The summed E-state index contributed by atoms with van der Waals surface area (Å²) in [6.45, 7) is 3.01. The Morgan fingerprint density at radius 2 is 1.94 bits per heavy atom. The average molecular weight is 254 g/mol. The number of aliphatic hydroxyl groups is 1. The van der Waals surface area contributed by atoms with Crippen LogP contribution < -0.4 is 10.2 Å². The number of hydrogen-bond donors (Lipinski definition) is 2. The van der Waals surface area contributed by atoms with Gasteiger partial charge in [-0.05, 0) is 51.1 Å². The molecule has 1 aromatic carbocycles. The summed E-state index contributed by atoms with van der Waals surface area (Å²) in [5, 5.41) is 12.4. The molecule has 1 rings (SSSR count). The van der Waals surface area contributed by atoms with Crippen molar-refractivity contribution in [3.05, 3.63) is 30.1 Å². The summed E-state index contributed by atoms with van der Waals surface area (Å²) in [4.78, 5) is 2.09. The molecule has 0 spiro atoms. The minimum absolute atomic E-state index is 0.129. The molecule has 0 aromatic heterocycles. The van der Waals surface area contributed by atoms with Crippen molar-refractivity contribution in [2.75, 3.05) is 32.1 Å². The van der Waals surface area contributed by atoms with Crippen LogP contribution in [0.1, 0.15) is 19.8 Å². The van der Waals surface area contributed by atoms with Crippen LogP contribution in [0.2, 0.25) is 0 Å². The lowest BCUT2D eigenvalue weighted by molar-refractivity contribution is 0.172. The third-order valence-corrected chi connectivity index (χ3v) is 3.44. The summed E-state index contributed by atoms with van der Waals surface area (Å²) in [5.41, 5.74) is 0.787. The molecule has 18 heavy (non-hydrogen) atoms. The maximum atomic E-state index is 12.8. The number of benzene rings is 1. The van der Waals surface area contributed by atoms with E-state index in [1.807, 2.05) is 21.0 Å². The Morgan fingerprint density at radius 1 is 1.33 bits per heavy atom. The van der Waals surface area contributed by atoms with Crippen LogP contribution in [-0.2, 0) is 0 Å². The quantitative estimate of drug-likeness (QED) is 0.781. The molecule has 0 aliphatic carbocycles. The molecular weight excluding hydrogens is 231 g/mol. The number of halogens is 1. The largest absolute Gasteiger partial charge is 0.394 e. The molecule has 0 aliphatic rings. The molecule has 0 saturated carbocycles. The fourth-order valence-electron chi connectivity index (χ4n) is 1.81. The third-order valence-electron chi connectivity index (χ3n) is 3.44. The Balaban J connectivity index is 2.42. The van der Waals surface area contributed by atoms with Crippen molar-refractivity contribution in [1.29, 1.82) is 0 Å². The van der Waals surface area contributed by atoms with Crippen LogP contribution in [0.25, 0.3) is 0 Å². The number of hydrogen-bond acceptors (Lipinski definition) is 3. The predicted molar refractivity (Wildman–Crippen MR) is 73.5 cm³/mol. The highest BCUT2D eigenvalue weighted by Gasteiger charge is 2.19. The molecule has 1 unspecified atom stereocenters. The van der Waals surface area contributed by atoms with E-state index in [1.165, 1.54) is 12.1 Å². The Kier molecular flexibility index (Phi) is 5.56. The molecule has 0 saturated heterocycles. The maximum absolute atomic E-state index is 12.8. The van der Waals surface area contributed by atoms with E-state index < -0.39 is 0 Å². The lowest BCUT2D eigenvalue weighted by Gasteiger charge is -2.28. The second-order valence-corrected chi connectivity index (χ2v) is 4.97. The maximum Gasteiger partial charge on any atom is 0.123 e. The normalized spacial score (nSPS) is 14.3. The van der Waals surface area contributed by atoms with Gasteiger partial charge in [0, 0.05) is 24.8 Å². The van der Waals surface area contributed by atoms with Crippen LogP contribution in [0.4, 0.5) is 10.1 Å². The summed E-state index contributed by atoms with van der Waals surface area (Å²) in [6.07, 6.45) is 1.86. The molecule has 4 heteroatoms. The first-order valence-electron chi connectivity index (χ1n) is 6.27. The molecule has 2 N–H and O–H groups in total. The van der Waals surface area contributed by atoms with Gasteiger partial charge in [-0.3, -0.25) is 0 Å². The van der Waals surface area contributed by atoms with Gasteiger partial charge in [-0.1, -0.05) is 0 Å². The number of aliphatic hydroxyl groups excluding tert-OH is 1. The van der Waals surface area contributed by atoms with Crippen LogP contribution in [0.3, 0.4) is 0 Å². The Labute approximate surface area is 109 Å². The second-order valence-electron chi connectivity index (χ2n) is 4.97.